The third-order valence-electron chi connectivity index (χ3n) is 30.1. The quantitative estimate of drug-likeness (QED) is 0.122. The summed E-state index contributed by atoms with van der Waals surface area (Å²) in [5, 5.41) is 28.1. The average Bonchev–Trinajstić information content (AvgIpc) is 1.57. The van der Waals surface area contributed by atoms with Gasteiger partial charge in [-0.1, -0.05) is 406 Å². The molecule has 694 valence electrons. The van der Waals surface area contributed by atoms with E-state index in [0.29, 0.717) is 0 Å². The molecule has 0 fully saturated rings. The third kappa shape index (κ3) is 15.0. The monoisotopic (exact) mass is 1930 g/mol. The molecule has 0 radical (unpaired) electrons. The summed E-state index contributed by atoms with van der Waals surface area (Å²) in [5.74, 6) is 0. The van der Waals surface area contributed by atoms with E-state index in [4.69, 9.17) is 15.0 Å². The molecule has 31 aromatic rings. The third-order valence-corrected chi connectivity index (χ3v) is 32.5. The van der Waals surface area contributed by atoms with Crippen molar-refractivity contribution in [2.75, 3.05) is 0 Å². The lowest BCUT2D eigenvalue weighted by atomic mass is 9.99. The van der Waals surface area contributed by atoms with Gasteiger partial charge in [-0.15, -0.1) is 22.7 Å². The van der Waals surface area contributed by atoms with Crippen LogP contribution in [0.1, 0.15) is 0 Å². The number of benzene rings is 23. The minimum Gasteiger partial charge on any atom is -0.309 e. The predicted octanol–water partition coefficient (Wildman–Crippen LogP) is 39.2. The molecule has 8 heteroatoms. The summed E-state index contributed by atoms with van der Waals surface area (Å²) in [4.78, 5) is 15.9. The second-order valence-electron chi connectivity index (χ2n) is 38.7. The Labute approximate surface area is 866 Å². The lowest BCUT2D eigenvalue weighted by Gasteiger charge is -2.13. The second-order valence-corrected chi connectivity index (χ2v) is 40.8. The van der Waals surface area contributed by atoms with E-state index < -0.39 is 0 Å². The van der Waals surface area contributed by atoms with Crippen LogP contribution in [0.5, 0.6) is 0 Å². The van der Waals surface area contributed by atoms with Gasteiger partial charge >= 0.3 is 0 Å². The molecule has 0 N–H and O–H groups in total. The Balaban J connectivity index is 0.000000105. The van der Waals surface area contributed by atoms with Gasteiger partial charge in [0.05, 0.1) is 67.3 Å². The molecule has 0 unspecified atom stereocenters. The number of nitrogens with zero attached hydrogens (tertiary/aromatic N) is 6. The molecule has 149 heavy (non-hydrogen) atoms. The van der Waals surface area contributed by atoms with Gasteiger partial charge in [0.1, 0.15) is 0 Å². The highest BCUT2D eigenvalue weighted by Gasteiger charge is 2.25. The van der Waals surface area contributed by atoms with E-state index in [9.17, 15) is 0 Å². The number of thiophene rings is 2. The molecular weight excluding hydrogens is 1840 g/mol. The number of aromatic nitrogens is 6. The molecule has 0 atom stereocenters. The Morgan fingerprint density at radius 3 is 0.785 bits per heavy atom. The molecule has 0 amide bonds. The van der Waals surface area contributed by atoms with E-state index in [2.05, 4.69) is 541 Å². The molecular formula is C141H88N6S2. The molecule has 0 aliphatic heterocycles. The van der Waals surface area contributed by atoms with Crippen LogP contribution in [0.2, 0.25) is 0 Å². The smallest absolute Gasteiger partial charge is 0.0730 e. The maximum atomic E-state index is 5.38. The number of hydrogen-bond acceptors (Lipinski definition) is 5. The number of hydrogen-bond donors (Lipinski definition) is 0. The molecule has 0 spiro atoms. The van der Waals surface area contributed by atoms with Crippen molar-refractivity contribution in [3.05, 3.63) is 534 Å². The standard InChI is InChI=1S/2C49H30N2S.C43H28N2/c1-2-11-31(12-3-1)35-29-42(50-43(30-35)41-19-10-18-40-39-17-8-9-20-46(39)52-49(40)41)34-21-25-36(26-22-34)51-44-27-23-32-13-4-6-15-37(32)47(44)48-38-16-7-5-14-33(38)24-28-45(48)51;1-2-10-31(11-3-1)36-28-42(50-43(29-36)35-20-25-41-40-16-8-9-17-46(40)52-47(41)30-35)34-18-23-37(24-19-34)51-44-26-21-32-12-4-6-14-38(32)48(44)49-39-15-7-5-13-33(39)22-27-45(49)51;1-3-12-29(13-4-1)34-27-38(32-16-5-2-6-17-32)44-39(28-34)33-18-11-19-35(26-33)45-40-24-22-30-14-7-9-20-36(30)42(40)43-37-21-10-8-15-31(37)23-25-41(43)45/h2*1-30H;1-28H. The van der Waals surface area contributed by atoms with E-state index in [1.807, 2.05) is 28.7 Å². The van der Waals surface area contributed by atoms with Crippen LogP contribution in [0.3, 0.4) is 0 Å². The van der Waals surface area contributed by atoms with Gasteiger partial charge in [-0.05, 0) is 225 Å². The highest BCUT2D eigenvalue weighted by molar-refractivity contribution is 7.26. The average molecular weight is 1930 g/mol. The lowest BCUT2D eigenvalue weighted by molar-refractivity contribution is 1.18. The topological polar surface area (TPSA) is 53.5 Å². The van der Waals surface area contributed by atoms with Crippen LogP contribution in [-0.4, -0.2) is 28.7 Å². The number of pyridine rings is 3. The van der Waals surface area contributed by atoms with E-state index in [0.717, 1.165) is 95.7 Å². The summed E-state index contributed by atoms with van der Waals surface area (Å²) in [6.45, 7) is 0. The summed E-state index contributed by atoms with van der Waals surface area (Å²) in [7, 11) is 0. The van der Waals surface area contributed by atoms with Gasteiger partial charge in [-0.2, -0.15) is 0 Å². The van der Waals surface area contributed by atoms with E-state index in [1.54, 1.807) is 0 Å². The zero-order chi connectivity index (χ0) is 98.1. The fourth-order valence-corrected chi connectivity index (χ4v) is 25.5. The van der Waals surface area contributed by atoms with Gasteiger partial charge < -0.3 is 13.7 Å². The Bertz CT molecular complexity index is 10500. The summed E-state index contributed by atoms with van der Waals surface area (Å²) in [6, 6.07) is 193. The largest absolute Gasteiger partial charge is 0.309 e. The van der Waals surface area contributed by atoms with Crippen molar-refractivity contribution < 1.29 is 0 Å². The Morgan fingerprint density at radius 2 is 0.403 bits per heavy atom. The van der Waals surface area contributed by atoms with Gasteiger partial charge in [0.25, 0.3) is 0 Å². The molecule has 8 heterocycles. The molecule has 6 nitrogen and oxygen atoms in total. The maximum absolute atomic E-state index is 5.38. The minimum absolute atomic E-state index is 0.953. The van der Waals surface area contributed by atoms with Gasteiger partial charge in [0.15, 0.2) is 0 Å². The van der Waals surface area contributed by atoms with Gasteiger partial charge in [-0.25, -0.2) is 15.0 Å². The van der Waals surface area contributed by atoms with E-state index >= 15 is 0 Å². The van der Waals surface area contributed by atoms with Gasteiger partial charge in [0, 0.05) is 123 Å². The summed E-state index contributed by atoms with van der Waals surface area (Å²) >= 11 is 3.69. The Hall–Kier alpha value is -19.1. The molecule has 0 bridgehead atoms. The Morgan fingerprint density at radius 1 is 0.141 bits per heavy atom. The molecule has 8 aromatic heterocycles. The summed E-state index contributed by atoms with van der Waals surface area (Å²) in [5.41, 5.74) is 30.1. The van der Waals surface area contributed by atoms with Crippen molar-refractivity contribution in [3.8, 4) is 118 Å². The number of fused-ring (bicyclic) bond motifs is 27. The van der Waals surface area contributed by atoms with Crippen LogP contribution in [0.15, 0.2) is 534 Å². The fraction of sp³-hybridized carbons (Fsp3) is 0. The van der Waals surface area contributed by atoms with Crippen molar-refractivity contribution in [1.82, 2.24) is 28.7 Å². The zero-order valence-electron chi connectivity index (χ0n) is 80.8. The predicted molar refractivity (Wildman–Crippen MR) is 635 cm³/mol. The molecule has 23 aromatic carbocycles. The van der Waals surface area contributed by atoms with Crippen molar-refractivity contribution in [2.24, 2.45) is 0 Å². The van der Waals surface area contributed by atoms with Crippen molar-refractivity contribution in [1.29, 1.82) is 0 Å². The molecule has 0 saturated heterocycles. The van der Waals surface area contributed by atoms with Crippen molar-refractivity contribution >= 4 is 193 Å². The molecule has 31 rings (SSSR count). The molecule has 0 saturated carbocycles. The van der Waals surface area contributed by atoms with Crippen molar-refractivity contribution in [2.45, 2.75) is 0 Å². The van der Waals surface area contributed by atoms with E-state index in [-0.39, 0.29) is 0 Å². The first-order valence-electron chi connectivity index (χ1n) is 50.8. The van der Waals surface area contributed by atoms with Crippen LogP contribution in [0.25, 0.3) is 288 Å². The van der Waals surface area contributed by atoms with Crippen LogP contribution in [0, 0.1) is 0 Å². The first-order valence-corrected chi connectivity index (χ1v) is 52.4. The van der Waals surface area contributed by atoms with Gasteiger partial charge in [0.2, 0.25) is 0 Å². The fourth-order valence-electron chi connectivity index (χ4n) is 23.1. The van der Waals surface area contributed by atoms with Crippen LogP contribution in [-0.2, 0) is 0 Å². The van der Waals surface area contributed by atoms with Crippen LogP contribution >= 0.6 is 22.7 Å². The molecule has 0 aliphatic rings. The van der Waals surface area contributed by atoms with E-state index in [1.165, 1.54) is 193 Å². The minimum atomic E-state index is 0.953. The SMILES string of the molecule is c1ccc(-c2cc(-c3ccc(-n4c5ccc6ccccc6c5c5c6ccccc6ccc54)cc3)nc(-c3ccc4c(c3)sc3ccccc34)c2)cc1.c1ccc(-c2cc(-c3ccc(-n4c5ccc6ccccc6c5c5c6ccccc6ccc54)cc3)nc(-c3cccc4c3sc3ccccc34)c2)cc1.c1ccc(-c2cc(-c3ccccc3)nc(-c3cccc(-n4c5ccc6ccccc6c5c5c6ccccc6ccc54)c3)c2)cc1. The van der Waals surface area contributed by atoms with Crippen LogP contribution < -0.4 is 0 Å². The maximum Gasteiger partial charge on any atom is 0.0730 e. The molecule has 0 aliphatic carbocycles. The first-order chi connectivity index (χ1) is 73.9. The highest BCUT2D eigenvalue weighted by Crippen LogP contribution is 2.49. The highest BCUT2D eigenvalue weighted by atomic mass is 32.1. The van der Waals surface area contributed by atoms with Crippen LogP contribution in [0.4, 0.5) is 0 Å². The summed E-state index contributed by atoms with van der Waals surface area (Å²) in [6.07, 6.45) is 0. The van der Waals surface area contributed by atoms with Gasteiger partial charge in [-0.3, -0.25) is 0 Å². The summed E-state index contributed by atoms with van der Waals surface area (Å²) < 4.78 is 12.4. The lowest BCUT2D eigenvalue weighted by Crippen LogP contribution is -1.96. The first kappa shape index (κ1) is 86.6. The second kappa shape index (κ2) is 36.0. The Kier molecular flexibility index (Phi) is 20.9. The zero-order valence-corrected chi connectivity index (χ0v) is 82.4. The number of rotatable bonds is 12. The normalized spacial score (nSPS) is 11.8. The van der Waals surface area contributed by atoms with Crippen molar-refractivity contribution in [3.63, 3.8) is 0 Å².